The molecule has 0 aromatic heterocycles. The van der Waals surface area contributed by atoms with Gasteiger partial charge in [-0.3, -0.25) is 4.79 Å². The Morgan fingerprint density at radius 3 is 2.42 bits per heavy atom. The van der Waals surface area contributed by atoms with Crippen LogP contribution in [0.25, 0.3) is 0 Å². The van der Waals surface area contributed by atoms with Crippen molar-refractivity contribution in [3.05, 3.63) is 0 Å². The quantitative estimate of drug-likeness (QED) is 0.581. The van der Waals surface area contributed by atoms with E-state index in [1.165, 1.54) is 44.9 Å². The van der Waals surface area contributed by atoms with Crippen molar-refractivity contribution in [3.8, 4) is 0 Å². The van der Waals surface area contributed by atoms with Crippen LogP contribution in [0, 0.1) is 28.6 Å². The van der Waals surface area contributed by atoms with Crippen LogP contribution in [0.1, 0.15) is 92.4 Å². The zero-order chi connectivity index (χ0) is 17.3. The molecule has 3 saturated carbocycles. The number of carbonyl (C=O) groups is 1. The predicted octanol–water partition coefficient (Wildman–Crippen LogP) is 5.41. The molecule has 24 heavy (non-hydrogen) atoms. The van der Waals surface area contributed by atoms with E-state index in [0.717, 1.165) is 30.6 Å². The largest absolute Gasteiger partial charge is 0.334 e. The lowest BCUT2D eigenvalue weighted by molar-refractivity contribution is -0.171. The zero-order valence-electron chi connectivity index (χ0n) is 16.5. The highest BCUT2D eigenvalue weighted by molar-refractivity contribution is 5.78. The number of piperidine rings is 1. The molecule has 4 aliphatic rings. The summed E-state index contributed by atoms with van der Waals surface area (Å²) in [6.45, 7) is 11.8. The smallest absolute Gasteiger partial charge is 0.223 e. The van der Waals surface area contributed by atoms with E-state index in [2.05, 4.69) is 39.5 Å². The van der Waals surface area contributed by atoms with Crippen LogP contribution in [0.5, 0.6) is 0 Å². The maximum absolute atomic E-state index is 12.8. The molecule has 1 heterocycles. The molecular weight excluding hydrogens is 294 g/mol. The second-order valence-corrected chi connectivity index (χ2v) is 11.0. The van der Waals surface area contributed by atoms with Gasteiger partial charge in [0, 0.05) is 18.0 Å². The highest BCUT2D eigenvalue weighted by atomic mass is 16.2. The van der Waals surface area contributed by atoms with Crippen LogP contribution in [-0.4, -0.2) is 22.4 Å². The van der Waals surface area contributed by atoms with Gasteiger partial charge in [-0.25, -0.2) is 0 Å². The number of hydrogen-bond donors (Lipinski definition) is 0. The maximum Gasteiger partial charge on any atom is 0.223 e. The maximum atomic E-state index is 12.8. The first-order valence-electron chi connectivity index (χ1n) is 10.5. The highest BCUT2D eigenvalue weighted by Gasteiger charge is 2.60. The van der Waals surface area contributed by atoms with Gasteiger partial charge in [0.15, 0.2) is 0 Å². The molecule has 0 radical (unpaired) electrons. The summed E-state index contributed by atoms with van der Waals surface area (Å²) < 4.78 is 0. The van der Waals surface area contributed by atoms with Gasteiger partial charge in [0.05, 0.1) is 0 Å². The topological polar surface area (TPSA) is 20.3 Å². The standard InChI is InChI=1S/C22H37NO/c1-20(2,3)23-18-9-8-15-16-7-6-12-21(16,4)13-10-17(15)22(18,5)14-11-19(23)24/h15-18H,6-14H2,1-5H3/t15-,16-,17-,18+,21-,22+/m0/s1. The normalized spacial score (nSPS) is 48.7. The van der Waals surface area contributed by atoms with Crippen molar-refractivity contribution in [3.63, 3.8) is 0 Å². The van der Waals surface area contributed by atoms with E-state index in [1.54, 1.807) is 0 Å². The third-order valence-electron chi connectivity index (χ3n) is 8.78. The van der Waals surface area contributed by atoms with Crippen molar-refractivity contribution in [1.82, 2.24) is 4.90 Å². The number of rotatable bonds is 0. The SMILES string of the molecule is CC(C)(C)N1C(=O)CC[C@]2(C)[C@H]3CC[C@]4(C)CCC[C@H]4[C@@H]3CC[C@@H]12. The summed E-state index contributed by atoms with van der Waals surface area (Å²) in [6.07, 6.45) is 11.8. The Kier molecular flexibility index (Phi) is 3.69. The van der Waals surface area contributed by atoms with Crippen LogP contribution in [-0.2, 0) is 4.79 Å². The van der Waals surface area contributed by atoms with Crippen LogP contribution >= 0.6 is 0 Å². The van der Waals surface area contributed by atoms with Crippen molar-refractivity contribution < 1.29 is 4.79 Å². The molecular formula is C22H37NO. The molecule has 4 fully saturated rings. The minimum Gasteiger partial charge on any atom is -0.334 e. The summed E-state index contributed by atoms with van der Waals surface area (Å²) in [7, 11) is 0. The number of carbonyl (C=O) groups excluding carboxylic acids is 1. The molecule has 1 amide bonds. The van der Waals surface area contributed by atoms with E-state index in [-0.39, 0.29) is 5.54 Å². The number of amides is 1. The summed E-state index contributed by atoms with van der Waals surface area (Å²) in [5.74, 6) is 3.16. The van der Waals surface area contributed by atoms with Gasteiger partial charge in [-0.05, 0) is 94.3 Å². The Balaban J connectivity index is 1.67. The van der Waals surface area contributed by atoms with Crippen molar-refractivity contribution in [2.75, 3.05) is 0 Å². The molecule has 2 nitrogen and oxygen atoms in total. The lowest BCUT2D eigenvalue weighted by Crippen LogP contribution is -2.65. The Labute approximate surface area is 148 Å². The molecule has 4 rings (SSSR count). The summed E-state index contributed by atoms with van der Waals surface area (Å²) in [4.78, 5) is 15.1. The van der Waals surface area contributed by atoms with Gasteiger partial charge in [0.1, 0.15) is 0 Å². The fraction of sp³-hybridized carbons (Fsp3) is 0.955. The molecule has 2 heteroatoms. The van der Waals surface area contributed by atoms with Crippen LogP contribution in [0.2, 0.25) is 0 Å². The van der Waals surface area contributed by atoms with Gasteiger partial charge in [-0.2, -0.15) is 0 Å². The molecule has 1 aliphatic heterocycles. The third kappa shape index (κ3) is 2.23. The lowest BCUT2D eigenvalue weighted by Gasteiger charge is -2.63. The predicted molar refractivity (Wildman–Crippen MR) is 98.6 cm³/mol. The average molecular weight is 332 g/mol. The van der Waals surface area contributed by atoms with Crippen molar-refractivity contribution in [2.24, 2.45) is 28.6 Å². The molecule has 0 aromatic rings. The Bertz CT molecular complexity index is 535. The van der Waals surface area contributed by atoms with Crippen LogP contribution in [0.3, 0.4) is 0 Å². The van der Waals surface area contributed by atoms with Crippen LogP contribution in [0.15, 0.2) is 0 Å². The second kappa shape index (κ2) is 5.24. The molecule has 0 bridgehead atoms. The number of nitrogens with zero attached hydrogens (tertiary/aromatic N) is 1. The number of likely N-dealkylation sites (tertiary alicyclic amines) is 1. The fourth-order valence-corrected chi connectivity index (χ4v) is 7.72. The van der Waals surface area contributed by atoms with Crippen molar-refractivity contribution >= 4 is 5.91 Å². The van der Waals surface area contributed by atoms with E-state index < -0.39 is 0 Å². The first-order valence-corrected chi connectivity index (χ1v) is 10.5. The van der Waals surface area contributed by atoms with Crippen molar-refractivity contribution in [2.45, 2.75) is 104 Å². The van der Waals surface area contributed by atoms with Crippen LogP contribution < -0.4 is 0 Å². The van der Waals surface area contributed by atoms with Gasteiger partial charge in [0.2, 0.25) is 5.91 Å². The molecule has 136 valence electrons. The molecule has 6 atom stereocenters. The van der Waals surface area contributed by atoms with Gasteiger partial charge in [-0.1, -0.05) is 20.3 Å². The molecule has 3 aliphatic carbocycles. The van der Waals surface area contributed by atoms with E-state index in [0.29, 0.717) is 22.8 Å². The summed E-state index contributed by atoms with van der Waals surface area (Å²) in [5.41, 5.74) is 0.958. The van der Waals surface area contributed by atoms with Gasteiger partial charge < -0.3 is 4.90 Å². The van der Waals surface area contributed by atoms with Gasteiger partial charge in [0.25, 0.3) is 0 Å². The average Bonchev–Trinajstić information content (AvgIpc) is 2.88. The van der Waals surface area contributed by atoms with E-state index in [9.17, 15) is 4.79 Å². The number of fused-ring (bicyclic) bond motifs is 5. The summed E-state index contributed by atoms with van der Waals surface area (Å²) >= 11 is 0. The highest BCUT2D eigenvalue weighted by Crippen LogP contribution is 2.65. The molecule has 1 saturated heterocycles. The van der Waals surface area contributed by atoms with E-state index in [1.807, 2.05) is 0 Å². The summed E-state index contributed by atoms with van der Waals surface area (Å²) in [5, 5.41) is 0. The Hall–Kier alpha value is -0.530. The van der Waals surface area contributed by atoms with Crippen LogP contribution in [0.4, 0.5) is 0 Å². The molecule has 0 N–H and O–H groups in total. The Morgan fingerprint density at radius 2 is 1.71 bits per heavy atom. The zero-order valence-corrected chi connectivity index (χ0v) is 16.5. The number of hydrogen-bond acceptors (Lipinski definition) is 1. The minimum absolute atomic E-state index is 0.0349. The molecule has 0 spiro atoms. The summed E-state index contributed by atoms with van der Waals surface area (Å²) in [6, 6.07) is 0.478. The molecule has 0 unspecified atom stereocenters. The van der Waals surface area contributed by atoms with E-state index >= 15 is 0 Å². The monoisotopic (exact) mass is 331 g/mol. The minimum atomic E-state index is -0.0349. The lowest BCUT2D eigenvalue weighted by atomic mass is 9.47. The van der Waals surface area contributed by atoms with Gasteiger partial charge >= 0.3 is 0 Å². The Morgan fingerprint density at radius 1 is 0.958 bits per heavy atom. The first kappa shape index (κ1) is 16.9. The van der Waals surface area contributed by atoms with Crippen molar-refractivity contribution in [1.29, 1.82) is 0 Å². The first-order chi connectivity index (χ1) is 11.2. The second-order valence-electron chi connectivity index (χ2n) is 11.0. The fourth-order valence-electron chi connectivity index (χ4n) is 7.72. The molecule has 0 aromatic carbocycles. The van der Waals surface area contributed by atoms with Gasteiger partial charge in [-0.15, -0.1) is 0 Å². The third-order valence-corrected chi connectivity index (χ3v) is 8.78. The van der Waals surface area contributed by atoms with E-state index in [4.69, 9.17) is 0 Å².